The maximum Gasteiger partial charge on any atom is 0.418 e. The summed E-state index contributed by atoms with van der Waals surface area (Å²) in [5.74, 6) is -1.11. The molecule has 1 unspecified atom stereocenters. The number of carbonyl (C=O) groups is 2. The lowest BCUT2D eigenvalue weighted by Crippen LogP contribution is -2.43. The van der Waals surface area contributed by atoms with Gasteiger partial charge >= 0.3 is 6.18 Å². The van der Waals surface area contributed by atoms with Gasteiger partial charge in [-0.15, -0.1) is 0 Å². The van der Waals surface area contributed by atoms with Gasteiger partial charge in [0.05, 0.1) is 11.3 Å². The van der Waals surface area contributed by atoms with Crippen LogP contribution in [-0.2, 0) is 15.8 Å². The highest BCUT2D eigenvalue weighted by molar-refractivity contribution is 6.13. The van der Waals surface area contributed by atoms with E-state index in [2.05, 4.69) is 10.6 Å². The van der Waals surface area contributed by atoms with Crippen LogP contribution in [-0.4, -0.2) is 17.9 Å². The molecule has 0 bridgehead atoms. The van der Waals surface area contributed by atoms with Gasteiger partial charge in [0, 0.05) is 6.04 Å². The number of benzene rings is 1. The van der Waals surface area contributed by atoms with E-state index < -0.39 is 29.0 Å². The van der Waals surface area contributed by atoms with Crippen LogP contribution < -0.4 is 10.6 Å². The van der Waals surface area contributed by atoms with Crippen molar-refractivity contribution < 1.29 is 22.8 Å². The Labute approximate surface area is 132 Å². The largest absolute Gasteiger partial charge is 0.418 e. The van der Waals surface area contributed by atoms with Gasteiger partial charge in [-0.3, -0.25) is 9.59 Å². The second-order valence-corrected chi connectivity index (χ2v) is 5.86. The molecule has 126 valence electrons. The highest BCUT2D eigenvalue weighted by Gasteiger charge is 2.56. The molecule has 0 spiro atoms. The van der Waals surface area contributed by atoms with E-state index in [1.165, 1.54) is 18.2 Å². The van der Waals surface area contributed by atoms with Gasteiger partial charge in [0.25, 0.3) is 0 Å². The van der Waals surface area contributed by atoms with Crippen LogP contribution in [0.1, 0.15) is 38.7 Å². The fraction of sp³-hybridized carbons (Fsp3) is 0.500. The Balaban J connectivity index is 2.16. The van der Waals surface area contributed by atoms with Crippen LogP contribution in [0.2, 0.25) is 0 Å². The van der Waals surface area contributed by atoms with Crippen molar-refractivity contribution in [2.75, 3.05) is 5.32 Å². The summed E-state index contributed by atoms with van der Waals surface area (Å²) in [6, 6.07) is 4.65. The Morgan fingerprint density at radius 2 is 1.83 bits per heavy atom. The van der Waals surface area contributed by atoms with Crippen molar-refractivity contribution in [3.63, 3.8) is 0 Å². The summed E-state index contributed by atoms with van der Waals surface area (Å²) in [6.45, 7) is 3.70. The lowest BCUT2D eigenvalue weighted by molar-refractivity contribution is -0.137. The number of rotatable bonds is 5. The lowest BCUT2D eigenvalue weighted by atomic mass is 10.0. The average Bonchev–Trinajstić information content (AvgIpc) is 3.28. The second-order valence-electron chi connectivity index (χ2n) is 5.86. The van der Waals surface area contributed by atoms with Crippen molar-refractivity contribution in [1.82, 2.24) is 5.32 Å². The number of halogens is 3. The molecule has 2 amide bonds. The van der Waals surface area contributed by atoms with Gasteiger partial charge in [-0.25, -0.2) is 0 Å². The molecule has 23 heavy (non-hydrogen) atoms. The Bertz CT molecular complexity index is 610. The van der Waals surface area contributed by atoms with Crippen molar-refractivity contribution in [2.24, 2.45) is 5.41 Å². The number of hydrogen-bond donors (Lipinski definition) is 2. The molecule has 1 aromatic rings. The van der Waals surface area contributed by atoms with Gasteiger partial charge in [0.2, 0.25) is 11.8 Å². The predicted octanol–water partition coefficient (Wildman–Crippen LogP) is 3.34. The van der Waals surface area contributed by atoms with Crippen molar-refractivity contribution in [2.45, 2.75) is 45.3 Å². The number of nitrogens with one attached hydrogen (secondary N) is 2. The van der Waals surface area contributed by atoms with Gasteiger partial charge in [-0.2, -0.15) is 13.2 Å². The predicted molar refractivity (Wildman–Crippen MR) is 79.6 cm³/mol. The number of para-hydroxylation sites is 1. The molecule has 1 aromatic carbocycles. The molecule has 2 N–H and O–H groups in total. The first kappa shape index (κ1) is 17.3. The van der Waals surface area contributed by atoms with Crippen LogP contribution in [0, 0.1) is 5.41 Å². The van der Waals surface area contributed by atoms with Gasteiger partial charge < -0.3 is 10.6 Å². The summed E-state index contributed by atoms with van der Waals surface area (Å²) in [5.41, 5.74) is -2.50. The fourth-order valence-corrected chi connectivity index (χ4v) is 2.23. The number of anilines is 1. The molecule has 1 saturated carbocycles. The van der Waals surface area contributed by atoms with Crippen LogP contribution in [0.25, 0.3) is 0 Å². The normalized spacial score (nSPS) is 17.3. The zero-order valence-electron chi connectivity index (χ0n) is 13.0. The lowest BCUT2D eigenvalue weighted by Gasteiger charge is -2.20. The molecule has 0 radical (unpaired) electrons. The Morgan fingerprint density at radius 1 is 1.22 bits per heavy atom. The third kappa shape index (κ3) is 3.65. The third-order valence-corrected chi connectivity index (χ3v) is 4.09. The van der Waals surface area contributed by atoms with Crippen LogP contribution in [0.4, 0.5) is 18.9 Å². The Morgan fingerprint density at radius 3 is 2.35 bits per heavy atom. The molecule has 0 aliphatic heterocycles. The van der Waals surface area contributed by atoms with E-state index in [0.717, 1.165) is 6.07 Å². The Hall–Kier alpha value is -2.05. The van der Waals surface area contributed by atoms with Gasteiger partial charge in [-0.05, 0) is 38.3 Å². The van der Waals surface area contributed by atoms with E-state index in [0.29, 0.717) is 19.3 Å². The first-order valence-electron chi connectivity index (χ1n) is 7.49. The molecule has 0 heterocycles. The van der Waals surface area contributed by atoms with Crippen molar-refractivity contribution in [3.8, 4) is 0 Å². The molecule has 1 fully saturated rings. The first-order valence-corrected chi connectivity index (χ1v) is 7.49. The number of alkyl halides is 3. The van der Waals surface area contributed by atoms with E-state index in [9.17, 15) is 22.8 Å². The van der Waals surface area contributed by atoms with E-state index in [1.807, 2.05) is 13.8 Å². The molecule has 2 rings (SSSR count). The summed E-state index contributed by atoms with van der Waals surface area (Å²) in [6.07, 6.45) is -3.18. The minimum atomic E-state index is -4.57. The molecular weight excluding hydrogens is 309 g/mol. The molecule has 0 aromatic heterocycles. The maximum atomic E-state index is 13.0. The molecule has 0 saturated heterocycles. The standard InChI is InChI=1S/C16H19F3N2O2/c1-3-10(2)20-13(22)15(8-9-15)14(23)21-12-7-5-4-6-11(12)16(17,18)19/h4-7,10H,3,8-9H2,1-2H3,(H,20,22)(H,21,23). The van der Waals surface area contributed by atoms with Crippen molar-refractivity contribution in [1.29, 1.82) is 0 Å². The molecule has 1 aliphatic carbocycles. The average molecular weight is 328 g/mol. The number of hydrogen-bond acceptors (Lipinski definition) is 2. The summed E-state index contributed by atoms with van der Waals surface area (Å²) in [7, 11) is 0. The minimum absolute atomic E-state index is 0.0877. The van der Waals surface area contributed by atoms with Crippen LogP contribution in [0.3, 0.4) is 0 Å². The number of amides is 2. The zero-order valence-corrected chi connectivity index (χ0v) is 13.0. The van der Waals surface area contributed by atoms with E-state index >= 15 is 0 Å². The summed E-state index contributed by atoms with van der Waals surface area (Å²) >= 11 is 0. The maximum absolute atomic E-state index is 13.0. The molecule has 4 nitrogen and oxygen atoms in total. The van der Waals surface area contributed by atoms with E-state index in [-0.39, 0.29) is 11.7 Å². The summed E-state index contributed by atoms with van der Waals surface area (Å²) in [4.78, 5) is 24.6. The van der Waals surface area contributed by atoms with E-state index in [1.54, 1.807) is 0 Å². The van der Waals surface area contributed by atoms with Gasteiger partial charge in [0.1, 0.15) is 5.41 Å². The highest BCUT2D eigenvalue weighted by atomic mass is 19.4. The Kier molecular flexibility index (Phi) is 4.68. The molecule has 7 heteroatoms. The monoisotopic (exact) mass is 328 g/mol. The quantitative estimate of drug-likeness (QED) is 0.815. The third-order valence-electron chi connectivity index (χ3n) is 4.09. The zero-order chi connectivity index (χ0) is 17.3. The first-order chi connectivity index (χ1) is 10.7. The molecule has 1 atom stereocenters. The van der Waals surface area contributed by atoms with Crippen molar-refractivity contribution in [3.05, 3.63) is 29.8 Å². The summed E-state index contributed by atoms with van der Waals surface area (Å²) < 4.78 is 38.9. The van der Waals surface area contributed by atoms with Crippen LogP contribution >= 0.6 is 0 Å². The SMILES string of the molecule is CCC(C)NC(=O)C1(C(=O)Nc2ccccc2C(F)(F)F)CC1. The fourth-order valence-electron chi connectivity index (χ4n) is 2.23. The van der Waals surface area contributed by atoms with Gasteiger partial charge in [-0.1, -0.05) is 19.1 Å². The summed E-state index contributed by atoms with van der Waals surface area (Å²) in [5, 5.41) is 4.99. The minimum Gasteiger partial charge on any atom is -0.353 e. The van der Waals surface area contributed by atoms with Crippen LogP contribution in [0.5, 0.6) is 0 Å². The second kappa shape index (κ2) is 6.22. The highest BCUT2D eigenvalue weighted by Crippen LogP contribution is 2.47. The van der Waals surface area contributed by atoms with Gasteiger partial charge in [0.15, 0.2) is 0 Å². The van der Waals surface area contributed by atoms with Crippen LogP contribution in [0.15, 0.2) is 24.3 Å². The number of carbonyl (C=O) groups excluding carboxylic acids is 2. The van der Waals surface area contributed by atoms with Crippen molar-refractivity contribution >= 4 is 17.5 Å². The molecular formula is C16H19F3N2O2. The topological polar surface area (TPSA) is 58.2 Å². The van der Waals surface area contributed by atoms with E-state index in [4.69, 9.17) is 0 Å². The molecule has 1 aliphatic rings. The smallest absolute Gasteiger partial charge is 0.353 e.